The number of nitrogens with one attached hydrogen (secondary N) is 2. The van der Waals surface area contributed by atoms with Gasteiger partial charge in [0.05, 0.1) is 53.5 Å². The maximum Gasteiger partial charge on any atom is 0.485 e. The zero-order valence-electron chi connectivity index (χ0n) is 37.3. The minimum Gasteiger partial charge on any atom is -0.387 e. The number of H-pyrrole nitrogens is 2. The minimum absolute atomic E-state index is 0.0230. The highest BCUT2D eigenvalue weighted by atomic mass is 31.3. The van der Waals surface area contributed by atoms with Crippen molar-refractivity contribution in [3.63, 3.8) is 0 Å². The van der Waals surface area contributed by atoms with Gasteiger partial charge in [0.15, 0.2) is 31.4 Å². The van der Waals surface area contributed by atoms with E-state index >= 15 is 0 Å². The molecule has 0 bridgehead atoms. The fourth-order valence-electron chi connectivity index (χ4n) is 8.39. The zero-order valence-corrected chi connectivity index (χ0v) is 40.9. The SMILES string of the molecule is [BH3-]P(=O)(OC[C@H]1OC(n2c[n+](C)c3c(=O)[nH]c(N)nc32)[C@H](O)[C@@H]1COC)OP(=O)(O)OP(=O)(O)OCC1O[C@@H](n2cnc3c(N)ncnc32)[C@H](OC)[C@@H]1P(=O)(O)OC[C@H]1O[C@@H](n2ccc(=O)[nH]c2=O)[C@H](O)[C@@H]1O. The van der Waals surface area contributed by atoms with Gasteiger partial charge >= 0.3 is 34.5 Å². The summed E-state index contributed by atoms with van der Waals surface area (Å²) >= 11 is 0. The maximum absolute atomic E-state index is 14.3. The Morgan fingerprint density at radius 2 is 1.45 bits per heavy atom. The highest BCUT2D eigenvalue weighted by Crippen LogP contribution is 2.68. The fraction of sp³-hybridized carbons (Fsp3) is 0.576. The van der Waals surface area contributed by atoms with Crippen molar-refractivity contribution in [3.8, 4) is 0 Å². The van der Waals surface area contributed by atoms with E-state index in [1.807, 2.05) is 4.98 Å². The molecule has 6 unspecified atom stereocenters. The second-order valence-electron chi connectivity index (χ2n) is 16.1. The summed E-state index contributed by atoms with van der Waals surface area (Å²) in [7, 11) is -19.3. The van der Waals surface area contributed by atoms with E-state index in [4.69, 9.17) is 53.0 Å². The molecule has 12 N–H and O–H groups in total. The van der Waals surface area contributed by atoms with Gasteiger partial charge in [0, 0.05) is 32.4 Å². The largest absolute Gasteiger partial charge is 0.485 e. The number of nitrogens with zero attached hydrogens (tertiary/aromatic N) is 8. The number of phosphoric acid groups is 2. The van der Waals surface area contributed by atoms with Crippen molar-refractivity contribution in [3.05, 3.63) is 62.4 Å². The number of aromatic amines is 2. The quantitative estimate of drug-likeness (QED) is 0.0199. The van der Waals surface area contributed by atoms with E-state index < -0.39 is 148 Å². The van der Waals surface area contributed by atoms with Crippen molar-refractivity contribution in [2.75, 3.05) is 52.1 Å². The molecule has 0 spiro atoms. The number of anilines is 2. The molecule has 35 nitrogen and oxygen atoms in total. The number of aliphatic hydroxyl groups is 3. The summed E-state index contributed by atoms with van der Waals surface area (Å²) < 4.78 is 113. The third-order valence-corrected chi connectivity index (χ3v) is 17.3. The number of hydrogen-bond donors (Lipinski definition) is 10. The minimum atomic E-state index is -5.88. The second-order valence-corrected chi connectivity index (χ2v) is 22.2. The van der Waals surface area contributed by atoms with Gasteiger partial charge in [0.1, 0.15) is 54.1 Å². The van der Waals surface area contributed by atoms with E-state index in [1.54, 1.807) is 0 Å². The molecule has 3 saturated heterocycles. The molecule has 73 heavy (non-hydrogen) atoms. The summed E-state index contributed by atoms with van der Waals surface area (Å²) in [6.45, 7) is -2.98. The maximum atomic E-state index is 14.3. The molecule has 8 rings (SSSR count). The van der Waals surface area contributed by atoms with Crippen LogP contribution in [0.3, 0.4) is 0 Å². The van der Waals surface area contributed by atoms with Crippen LogP contribution in [0.2, 0.25) is 0 Å². The summed E-state index contributed by atoms with van der Waals surface area (Å²) in [6, 6.07) is 0.941. The van der Waals surface area contributed by atoms with Gasteiger partial charge in [-0.2, -0.15) is 13.9 Å². The number of methoxy groups -OCH3 is 2. The van der Waals surface area contributed by atoms with E-state index in [2.05, 4.69) is 29.2 Å². The number of fused-ring (bicyclic) bond motifs is 2. The average molecular weight is 1120 g/mol. The second kappa shape index (κ2) is 20.9. The average Bonchev–Trinajstić information content (AvgIpc) is 4.10. The predicted molar refractivity (Wildman–Crippen MR) is 244 cm³/mol. The van der Waals surface area contributed by atoms with Gasteiger partial charge in [0.25, 0.3) is 16.7 Å². The molecule has 3 aliphatic rings. The van der Waals surface area contributed by atoms with Crippen LogP contribution >= 0.6 is 30.7 Å². The van der Waals surface area contributed by atoms with E-state index in [1.165, 1.54) is 34.2 Å². The number of nitrogen functional groups attached to an aromatic ring is 2. The van der Waals surface area contributed by atoms with Gasteiger partial charge in [-0.25, -0.2) is 37.8 Å². The third kappa shape index (κ3) is 11.3. The Hall–Kier alpha value is -4.48. The standard InChI is InChI=1S/C33H49BN12O23P4/c1-43-12-46(27-19(43)28(51)42-32(36)41-27)29-20(48)13(6-60-2)14(65-29)7-63-71(34,55)68-73(58,59)69-72(56,57)64-9-16-24(23(61-3)31(67-16)45-11-39-18-25(35)37-10-38-26(18)45)70(53,54)62-8-15-21(49)22(50)30(66-15)44-5-4-17(47)40-33(44)52/h4-5,10-16,20-24,29-31,48-50H,6-9H2,1-3,34H3,(H,53,54)(H,56,57)(H,58,59)(H2,35,37,38)(H,40,47,52)(H3,36,41,42,51)/t13-,14-,15-,16?,20-,21-,22-,23-,24-,29?,30-,31-,71?/m1/s1. The van der Waals surface area contributed by atoms with Gasteiger partial charge in [0.2, 0.25) is 18.5 Å². The number of aryl methyl sites for hydroxylation is 1. The topological polar surface area (TPSA) is 487 Å². The van der Waals surface area contributed by atoms with Crippen LogP contribution in [0.25, 0.3) is 22.3 Å². The first kappa shape index (κ1) is 54.8. The first-order valence-electron chi connectivity index (χ1n) is 20.7. The number of aromatic nitrogens is 10. The van der Waals surface area contributed by atoms with Gasteiger partial charge in [-0.15, -0.1) is 0 Å². The predicted octanol–water partition coefficient (Wildman–Crippen LogP) is -4.53. The molecule has 40 heteroatoms. The fourth-order valence-corrected chi connectivity index (χ4v) is 13.2. The van der Waals surface area contributed by atoms with Crippen LogP contribution in [-0.2, 0) is 71.2 Å². The van der Waals surface area contributed by atoms with Crippen LogP contribution in [-0.4, -0.2) is 170 Å². The van der Waals surface area contributed by atoms with Crippen LogP contribution in [0.15, 0.2) is 45.6 Å². The summed E-state index contributed by atoms with van der Waals surface area (Å²) in [4.78, 5) is 90.2. The highest BCUT2D eigenvalue weighted by Gasteiger charge is 2.58. The van der Waals surface area contributed by atoms with Crippen LogP contribution in [0.1, 0.15) is 18.7 Å². The van der Waals surface area contributed by atoms with Gasteiger partial charge in [-0.1, -0.05) is 0 Å². The Balaban J connectivity index is 0.957. The van der Waals surface area contributed by atoms with Gasteiger partial charge < -0.3 is 78.8 Å². The van der Waals surface area contributed by atoms with Crippen LogP contribution in [0, 0.1) is 5.92 Å². The molecule has 16 atom stereocenters. The monoisotopic (exact) mass is 1120 g/mol. The lowest BCUT2D eigenvalue weighted by Gasteiger charge is -2.28. The van der Waals surface area contributed by atoms with Crippen molar-refractivity contribution in [2.24, 2.45) is 13.0 Å². The van der Waals surface area contributed by atoms with Crippen molar-refractivity contribution >= 4 is 72.4 Å². The molecule has 0 saturated carbocycles. The molecular weight excluding hydrogens is 1070 g/mol. The Bertz CT molecular complexity index is 3250. The van der Waals surface area contributed by atoms with Gasteiger partial charge in [-0.05, 0) is 0 Å². The van der Waals surface area contributed by atoms with E-state index in [9.17, 15) is 62.6 Å². The molecule has 5 aromatic rings. The third-order valence-electron chi connectivity index (χ3n) is 11.6. The lowest BCUT2D eigenvalue weighted by molar-refractivity contribution is -0.646. The van der Waals surface area contributed by atoms with Crippen LogP contribution in [0.5, 0.6) is 0 Å². The number of nitrogens with two attached hydrogens (primary N) is 2. The molecule has 3 aliphatic heterocycles. The molecular formula is C33H49BN12O23P4. The van der Waals surface area contributed by atoms with Crippen molar-refractivity contribution in [2.45, 2.75) is 67.1 Å². The first-order valence-corrected chi connectivity index (χ1v) is 26.5. The molecule has 5 aromatic heterocycles. The molecule has 8 heterocycles. The Kier molecular flexibility index (Phi) is 15.7. The van der Waals surface area contributed by atoms with E-state index in [0.717, 1.165) is 36.6 Å². The first-order chi connectivity index (χ1) is 34.2. The lowest BCUT2D eigenvalue weighted by Crippen LogP contribution is -2.38. The lowest BCUT2D eigenvalue weighted by atomic mass is 9.99. The van der Waals surface area contributed by atoms with Crippen molar-refractivity contribution in [1.82, 2.24) is 43.6 Å². The molecule has 0 radical (unpaired) electrons. The zero-order chi connectivity index (χ0) is 53.1. The number of ether oxygens (including phenoxy) is 5. The number of phosphoric ester groups is 1. The van der Waals surface area contributed by atoms with Crippen molar-refractivity contribution < 1.29 is 98.7 Å². The summed E-state index contributed by atoms with van der Waals surface area (Å²) in [5, 5.41) is 32.8. The Labute approximate surface area is 408 Å². The summed E-state index contributed by atoms with van der Waals surface area (Å²) in [5.41, 5.74) is 7.62. The number of rotatable bonds is 20. The van der Waals surface area contributed by atoms with Gasteiger partial charge in [-0.3, -0.25) is 37.8 Å². The Morgan fingerprint density at radius 3 is 2.15 bits per heavy atom. The summed E-state index contributed by atoms with van der Waals surface area (Å²) in [6.07, 6.45) is -10.9. The number of aliphatic hydroxyl groups excluding tert-OH is 3. The number of hydrogen-bond acceptors (Lipinski definition) is 26. The van der Waals surface area contributed by atoms with Crippen molar-refractivity contribution in [1.29, 1.82) is 0 Å². The van der Waals surface area contributed by atoms with Crippen LogP contribution < -0.4 is 32.8 Å². The normalized spacial score (nSPS) is 30.9. The van der Waals surface area contributed by atoms with E-state index in [-0.39, 0.29) is 40.7 Å². The molecule has 0 aromatic carbocycles. The Morgan fingerprint density at radius 1 is 0.781 bits per heavy atom. The smallest absolute Gasteiger partial charge is 0.387 e. The highest BCUT2D eigenvalue weighted by molar-refractivity contribution is 7.84. The molecule has 402 valence electrons. The van der Waals surface area contributed by atoms with E-state index in [0.29, 0.717) is 0 Å². The number of imidazole rings is 2. The molecule has 3 fully saturated rings. The summed E-state index contributed by atoms with van der Waals surface area (Å²) in [5.74, 6) is -1.20. The molecule has 0 amide bonds. The molecule has 0 aliphatic carbocycles. The van der Waals surface area contributed by atoms with Crippen LogP contribution in [0.4, 0.5) is 11.8 Å².